The van der Waals surface area contributed by atoms with Crippen LogP contribution in [0.4, 0.5) is 5.82 Å². The molecule has 0 radical (unpaired) electrons. The number of aryl methyl sites for hydroxylation is 1. The Hall–Kier alpha value is -1.69. The molecule has 132 valence electrons. The zero-order valence-electron chi connectivity index (χ0n) is 14.8. The molecule has 6 heteroatoms. The average molecular weight is 332 g/mol. The molecule has 6 nitrogen and oxygen atoms in total. The van der Waals surface area contributed by atoms with Gasteiger partial charge in [-0.15, -0.1) is 0 Å². The molecule has 2 aliphatic heterocycles. The van der Waals surface area contributed by atoms with Gasteiger partial charge in [-0.1, -0.05) is 0 Å². The molecule has 2 aliphatic rings. The molecule has 1 N–H and O–H groups in total. The first kappa shape index (κ1) is 17.1. The van der Waals surface area contributed by atoms with Crippen LogP contribution in [0.15, 0.2) is 0 Å². The first-order valence-corrected chi connectivity index (χ1v) is 9.07. The van der Waals surface area contributed by atoms with Crippen molar-refractivity contribution in [3.8, 4) is 0 Å². The molecule has 0 spiro atoms. The second kappa shape index (κ2) is 7.92. The van der Waals surface area contributed by atoms with Crippen LogP contribution in [0.25, 0.3) is 0 Å². The molecule has 1 saturated heterocycles. The van der Waals surface area contributed by atoms with E-state index >= 15 is 0 Å². The van der Waals surface area contributed by atoms with E-state index in [4.69, 9.17) is 4.74 Å². The normalized spacial score (nSPS) is 20.6. The molecule has 0 bridgehead atoms. The highest BCUT2D eigenvalue weighted by Crippen LogP contribution is 2.22. The number of hydrogen-bond donors (Lipinski definition) is 1. The summed E-state index contributed by atoms with van der Waals surface area (Å²) in [4.78, 5) is 22.8. The van der Waals surface area contributed by atoms with Crippen molar-refractivity contribution in [2.45, 2.75) is 46.0 Å². The first-order valence-electron chi connectivity index (χ1n) is 9.07. The fourth-order valence-corrected chi connectivity index (χ4v) is 3.59. The van der Waals surface area contributed by atoms with Gasteiger partial charge < -0.3 is 15.0 Å². The van der Waals surface area contributed by atoms with E-state index in [1.54, 1.807) is 6.92 Å². The van der Waals surface area contributed by atoms with Gasteiger partial charge in [-0.25, -0.2) is 9.97 Å². The van der Waals surface area contributed by atoms with Crippen LogP contribution in [0.3, 0.4) is 0 Å². The van der Waals surface area contributed by atoms with E-state index in [1.807, 2.05) is 11.8 Å². The molecular formula is C18H28N4O2. The number of rotatable bonds is 5. The summed E-state index contributed by atoms with van der Waals surface area (Å²) < 4.78 is 5.43. The van der Waals surface area contributed by atoms with Gasteiger partial charge in [0, 0.05) is 51.8 Å². The lowest BCUT2D eigenvalue weighted by Crippen LogP contribution is -2.31. The Morgan fingerprint density at radius 3 is 2.92 bits per heavy atom. The van der Waals surface area contributed by atoms with Gasteiger partial charge in [-0.3, -0.25) is 4.79 Å². The first-order chi connectivity index (χ1) is 11.6. The van der Waals surface area contributed by atoms with E-state index in [9.17, 15) is 4.79 Å². The smallest absolute Gasteiger partial charge is 0.219 e. The van der Waals surface area contributed by atoms with Crippen LogP contribution in [0.1, 0.15) is 43.3 Å². The lowest BCUT2D eigenvalue weighted by Gasteiger charge is -2.17. The fourth-order valence-electron chi connectivity index (χ4n) is 3.59. The highest BCUT2D eigenvalue weighted by molar-refractivity contribution is 5.73. The van der Waals surface area contributed by atoms with Crippen LogP contribution in [0, 0.1) is 12.8 Å². The van der Waals surface area contributed by atoms with E-state index in [0.717, 1.165) is 75.4 Å². The van der Waals surface area contributed by atoms with Gasteiger partial charge in [0.1, 0.15) is 11.6 Å². The summed E-state index contributed by atoms with van der Waals surface area (Å²) in [7, 11) is 0. The van der Waals surface area contributed by atoms with Crippen LogP contribution in [-0.4, -0.2) is 53.6 Å². The molecule has 1 aromatic heterocycles. The van der Waals surface area contributed by atoms with Gasteiger partial charge in [0.15, 0.2) is 0 Å². The molecule has 3 heterocycles. The van der Waals surface area contributed by atoms with Gasteiger partial charge in [-0.2, -0.15) is 0 Å². The number of ether oxygens (including phenoxy) is 1. The number of anilines is 1. The maximum absolute atomic E-state index is 11.7. The highest BCUT2D eigenvalue weighted by atomic mass is 16.5. The second-order valence-electron chi connectivity index (χ2n) is 6.85. The monoisotopic (exact) mass is 332 g/mol. The number of nitrogens with one attached hydrogen (secondary N) is 1. The molecule has 1 fully saturated rings. The molecule has 1 amide bonds. The Kier molecular flexibility index (Phi) is 5.66. The second-order valence-corrected chi connectivity index (χ2v) is 6.85. The predicted octanol–water partition coefficient (Wildman–Crippen LogP) is 1.96. The minimum absolute atomic E-state index is 0.140. The molecule has 1 atom stereocenters. The van der Waals surface area contributed by atoms with Gasteiger partial charge in [0.05, 0.1) is 5.69 Å². The molecule has 0 saturated carbocycles. The summed E-state index contributed by atoms with van der Waals surface area (Å²) in [6, 6.07) is 0. The molecule has 1 aromatic rings. The minimum Gasteiger partial charge on any atom is -0.381 e. The van der Waals surface area contributed by atoms with Crippen molar-refractivity contribution in [3.05, 3.63) is 17.1 Å². The van der Waals surface area contributed by atoms with Crippen molar-refractivity contribution in [2.24, 2.45) is 5.92 Å². The SMILES string of the molecule is CC(=O)N1CCc2nc(C)nc(NCCCC3CCOC3)c2CC1. The Morgan fingerprint density at radius 1 is 1.33 bits per heavy atom. The third-order valence-electron chi connectivity index (χ3n) is 5.01. The van der Waals surface area contributed by atoms with Crippen molar-refractivity contribution in [1.82, 2.24) is 14.9 Å². The van der Waals surface area contributed by atoms with Gasteiger partial charge in [-0.05, 0) is 38.5 Å². The maximum atomic E-state index is 11.7. The fraction of sp³-hybridized carbons (Fsp3) is 0.722. The topological polar surface area (TPSA) is 67.4 Å². The number of fused-ring (bicyclic) bond motifs is 1. The number of carbonyl (C=O) groups excluding carboxylic acids is 1. The van der Waals surface area contributed by atoms with Gasteiger partial charge >= 0.3 is 0 Å². The average Bonchev–Trinajstić information content (AvgIpc) is 2.96. The highest BCUT2D eigenvalue weighted by Gasteiger charge is 2.21. The third-order valence-corrected chi connectivity index (χ3v) is 5.01. The maximum Gasteiger partial charge on any atom is 0.219 e. The molecule has 1 unspecified atom stereocenters. The van der Waals surface area contributed by atoms with Gasteiger partial charge in [0.25, 0.3) is 0 Å². The number of aromatic nitrogens is 2. The number of carbonyl (C=O) groups is 1. The van der Waals surface area contributed by atoms with Crippen molar-refractivity contribution in [1.29, 1.82) is 0 Å². The zero-order chi connectivity index (χ0) is 16.9. The Bertz CT molecular complexity index is 585. The van der Waals surface area contributed by atoms with Crippen LogP contribution < -0.4 is 5.32 Å². The van der Waals surface area contributed by atoms with Crippen LogP contribution in [0.2, 0.25) is 0 Å². The van der Waals surface area contributed by atoms with Crippen molar-refractivity contribution < 1.29 is 9.53 Å². The predicted molar refractivity (Wildman–Crippen MR) is 93.1 cm³/mol. The summed E-state index contributed by atoms with van der Waals surface area (Å²) in [6.07, 6.45) is 5.17. The summed E-state index contributed by atoms with van der Waals surface area (Å²) in [5.41, 5.74) is 2.28. The molecule has 0 aliphatic carbocycles. The van der Waals surface area contributed by atoms with Crippen molar-refractivity contribution >= 4 is 11.7 Å². The van der Waals surface area contributed by atoms with Crippen LogP contribution in [-0.2, 0) is 22.4 Å². The Labute approximate surface area is 144 Å². The quantitative estimate of drug-likeness (QED) is 0.835. The summed E-state index contributed by atoms with van der Waals surface area (Å²) >= 11 is 0. The van der Waals surface area contributed by atoms with E-state index in [0.29, 0.717) is 0 Å². The Balaban J connectivity index is 1.61. The van der Waals surface area contributed by atoms with E-state index in [-0.39, 0.29) is 5.91 Å². The lowest BCUT2D eigenvalue weighted by molar-refractivity contribution is -0.128. The molecule has 3 rings (SSSR count). The van der Waals surface area contributed by atoms with E-state index < -0.39 is 0 Å². The number of hydrogen-bond acceptors (Lipinski definition) is 5. The minimum atomic E-state index is 0.140. The third kappa shape index (κ3) is 4.23. The lowest BCUT2D eigenvalue weighted by atomic mass is 10.0. The largest absolute Gasteiger partial charge is 0.381 e. The van der Waals surface area contributed by atoms with E-state index in [1.165, 1.54) is 18.4 Å². The molecular weight excluding hydrogens is 304 g/mol. The van der Waals surface area contributed by atoms with E-state index in [2.05, 4.69) is 15.3 Å². The molecule has 24 heavy (non-hydrogen) atoms. The van der Waals surface area contributed by atoms with Crippen molar-refractivity contribution in [3.63, 3.8) is 0 Å². The standard InChI is InChI=1S/C18H28N4O2/c1-13-20-17-6-10-22(14(2)23)9-5-16(17)18(21-13)19-8-3-4-15-7-11-24-12-15/h15H,3-12H2,1-2H3,(H,19,20,21). The van der Waals surface area contributed by atoms with Crippen molar-refractivity contribution in [2.75, 3.05) is 38.2 Å². The summed E-state index contributed by atoms with van der Waals surface area (Å²) in [6.45, 7) is 7.85. The Morgan fingerprint density at radius 2 is 2.17 bits per heavy atom. The van der Waals surface area contributed by atoms with Crippen LogP contribution >= 0.6 is 0 Å². The summed E-state index contributed by atoms with van der Waals surface area (Å²) in [5, 5.41) is 3.51. The number of nitrogens with zero attached hydrogens (tertiary/aromatic N) is 3. The van der Waals surface area contributed by atoms with Crippen LogP contribution in [0.5, 0.6) is 0 Å². The number of amides is 1. The zero-order valence-corrected chi connectivity index (χ0v) is 14.8. The summed E-state index contributed by atoms with van der Waals surface area (Å²) in [5.74, 6) is 2.63. The molecule has 0 aromatic carbocycles. The van der Waals surface area contributed by atoms with Gasteiger partial charge in [0.2, 0.25) is 5.91 Å².